The molecule has 0 aliphatic heterocycles. The van der Waals surface area contributed by atoms with E-state index < -0.39 is 18.7 Å². The van der Waals surface area contributed by atoms with Crippen molar-refractivity contribution in [3.8, 4) is 5.75 Å². The second kappa shape index (κ2) is 6.49. The minimum absolute atomic E-state index is 0.144. The van der Waals surface area contributed by atoms with Crippen molar-refractivity contribution in [1.29, 1.82) is 0 Å². The summed E-state index contributed by atoms with van der Waals surface area (Å²) < 4.78 is 41.9. The van der Waals surface area contributed by atoms with Gasteiger partial charge in [0.2, 0.25) is 5.91 Å². The molecule has 0 radical (unpaired) electrons. The summed E-state index contributed by atoms with van der Waals surface area (Å²) in [7, 11) is 1.52. The first-order chi connectivity index (χ1) is 8.82. The molecule has 106 valence electrons. The zero-order valence-corrected chi connectivity index (χ0v) is 10.8. The maximum absolute atomic E-state index is 12.3. The SMILES string of the molecule is COc1ccc(NC(=O)CC[C@H](C)[B-](F)(F)F)cc1. The van der Waals surface area contributed by atoms with Gasteiger partial charge in [-0.15, -0.1) is 0 Å². The van der Waals surface area contributed by atoms with Gasteiger partial charge in [-0.2, -0.15) is 0 Å². The molecule has 0 aromatic heterocycles. The largest absolute Gasteiger partial charge is 0.497 e. The number of carbonyl (C=O) groups excluding carboxylic acids is 1. The number of nitrogens with one attached hydrogen (secondary N) is 1. The molecule has 0 aliphatic carbocycles. The van der Waals surface area contributed by atoms with E-state index in [4.69, 9.17) is 4.74 Å². The van der Waals surface area contributed by atoms with Gasteiger partial charge in [-0.1, -0.05) is 19.2 Å². The molecular formula is C12H16BF3NO2-. The number of benzene rings is 1. The van der Waals surface area contributed by atoms with Gasteiger partial charge in [-0.05, 0) is 24.3 Å². The van der Waals surface area contributed by atoms with E-state index in [1.807, 2.05) is 0 Å². The molecule has 3 nitrogen and oxygen atoms in total. The van der Waals surface area contributed by atoms with Gasteiger partial charge in [0.15, 0.2) is 0 Å². The predicted molar refractivity (Wildman–Crippen MR) is 69.4 cm³/mol. The number of carbonyl (C=O) groups is 1. The molecule has 1 aromatic carbocycles. The van der Waals surface area contributed by atoms with Crippen LogP contribution >= 0.6 is 0 Å². The van der Waals surface area contributed by atoms with Crippen LogP contribution in [0.3, 0.4) is 0 Å². The highest BCUT2D eigenvalue weighted by molar-refractivity contribution is 6.60. The fourth-order valence-electron chi connectivity index (χ4n) is 1.45. The lowest BCUT2D eigenvalue weighted by molar-refractivity contribution is -0.116. The minimum Gasteiger partial charge on any atom is -0.497 e. The number of rotatable bonds is 6. The Morgan fingerprint density at radius 1 is 1.32 bits per heavy atom. The summed E-state index contributed by atoms with van der Waals surface area (Å²) in [5, 5.41) is 2.55. The van der Waals surface area contributed by atoms with Crippen LogP contribution in [0.5, 0.6) is 5.75 Å². The van der Waals surface area contributed by atoms with Crippen LogP contribution in [0.25, 0.3) is 0 Å². The zero-order chi connectivity index (χ0) is 14.5. The fourth-order valence-corrected chi connectivity index (χ4v) is 1.45. The normalized spacial score (nSPS) is 12.9. The van der Waals surface area contributed by atoms with E-state index in [9.17, 15) is 17.7 Å². The number of methoxy groups -OCH3 is 1. The van der Waals surface area contributed by atoms with Crippen molar-refractivity contribution < 1.29 is 22.5 Å². The van der Waals surface area contributed by atoms with Crippen LogP contribution in [0, 0.1) is 0 Å². The van der Waals surface area contributed by atoms with E-state index in [0.717, 1.165) is 6.92 Å². The lowest BCUT2D eigenvalue weighted by Gasteiger charge is -2.22. The number of halogens is 3. The van der Waals surface area contributed by atoms with E-state index in [0.29, 0.717) is 11.4 Å². The number of hydrogen-bond donors (Lipinski definition) is 1. The summed E-state index contributed by atoms with van der Waals surface area (Å²) in [5.41, 5.74) is 0.538. The molecular weight excluding hydrogens is 258 g/mol. The smallest absolute Gasteiger partial charge is 0.481 e. The number of anilines is 1. The number of ether oxygens (including phenoxy) is 1. The maximum Gasteiger partial charge on any atom is 0.481 e. The average Bonchev–Trinajstić information content (AvgIpc) is 2.35. The molecule has 0 spiro atoms. The van der Waals surface area contributed by atoms with Crippen molar-refractivity contribution in [3.05, 3.63) is 24.3 Å². The topological polar surface area (TPSA) is 38.3 Å². The second-order valence-electron chi connectivity index (χ2n) is 4.42. The lowest BCUT2D eigenvalue weighted by atomic mass is 9.71. The van der Waals surface area contributed by atoms with E-state index in [1.54, 1.807) is 24.3 Å². The Morgan fingerprint density at radius 2 is 1.89 bits per heavy atom. The Hall–Kier alpha value is -1.66. The van der Waals surface area contributed by atoms with Gasteiger partial charge in [0.25, 0.3) is 0 Å². The summed E-state index contributed by atoms with van der Waals surface area (Å²) in [6, 6.07) is 6.59. The summed E-state index contributed by atoms with van der Waals surface area (Å²) in [6.07, 6.45) is -0.333. The van der Waals surface area contributed by atoms with Gasteiger partial charge in [0, 0.05) is 12.1 Å². The van der Waals surface area contributed by atoms with Gasteiger partial charge in [0.05, 0.1) is 7.11 Å². The van der Waals surface area contributed by atoms with Gasteiger partial charge in [-0.3, -0.25) is 4.79 Å². The van der Waals surface area contributed by atoms with Crippen LogP contribution in [0.15, 0.2) is 24.3 Å². The third-order valence-corrected chi connectivity index (χ3v) is 2.85. The third-order valence-electron chi connectivity index (χ3n) is 2.85. The van der Waals surface area contributed by atoms with Crippen LogP contribution in [-0.2, 0) is 4.79 Å². The third kappa shape index (κ3) is 5.24. The Labute approximate surface area is 110 Å². The molecule has 1 atom stereocenters. The first-order valence-corrected chi connectivity index (χ1v) is 5.97. The van der Waals surface area contributed by atoms with Gasteiger partial charge < -0.3 is 23.0 Å². The minimum atomic E-state index is -4.87. The van der Waals surface area contributed by atoms with E-state index in [2.05, 4.69) is 5.32 Å². The molecule has 0 aliphatic rings. The zero-order valence-electron chi connectivity index (χ0n) is 10.8. The molecule has 1 aromatic rings. The summed E-state index contributed by atoms with van der Waals surface area (Å²) in [6.45, 7) is -3.77. The van der Waals surface area contributed by atoms with E-state index in [1.165, 1.54) is 7.11 Å². The van der Waals surface area contributed by atoms with Crippen LogP contribution in [0.1, 0.15) is 19.8 Å². The highest BCUT2D eigenvalue weighted by atomic mass is 19.4. The Morgan fingerprint density at radius 3 is 2.37 bits per heavy atom. The summed E-state index contributed by atoms with van der Waals surface area (Å²) >= 11 is 0. The number of hydrogen-bond acceptors (Lipinski definition) is 2. The molecule has 0 saturated heterocycles. The molecule has 0 unspecified atom stereocenters. The molecule has 7 heteroatoms. The first kappa shape index (κ1) is 15.4. The molecule has 0 fully saturated rings. The van der Waals surface area contributed by atoms with Crippen molar-refractivity contribution >= 4 is 18.6 Å². The molecule has 1 N–H and O–H groups in total. The average molecular weight is 274 g/mol. The Bertz CT molecular complexity index is 420. The Balaban J connectivity index is 2.42. The molecule has 0 bridgehead atoms. The van der Waals surface area contributed by atoms with Gasteiger partial charge >= 0.3 is 6.98 Å². The van der Waals surface area contributed by atoms with Gasteiger partial charge in [-0.25, -0.2) is 0 Å². The quantitative estimate of drug-likeness (QED) is 0.804. The van der Waals surface area contributed by atoms with Crippen LogP contribution in [0.2, 0.25) is 5.82 Å². The van der Waals surface area contributed by atoms with Crippen molar-refractivity contribution in [2.24, 2.45) is 0 Å². The number of amides is 1. The van der Waals surface area contributed by atoms with E-state index >= 15 is 0 Å². The summed E-state index contributed by atoms with van der Waals surface area (Å²) in [5.74, 6) is -1.19. The molecule has 0 heterocycles. The molecule has 19 heavy (non-hydrogen) atoms. The highest BCUT2D eigenvalue weighted by Crippen LogP contribution is 2.29. The standard InChI is InChI=1S/C12H16BF3NO2/c1-9(13(14,15)16)3-8-12(18)17-10-4-6-11(19-2)7-5-10/h4-7,9H,3,8H2,1-2H3,(H,17,18)/q-1/t9-/m0/s1. The predicted octanol–water partition coefficient (Wildman–Crippen LogP) is 3.65. The van der Waals surface area contributed by atoms with Crippen LogP contribution in [0.4, 0.5) is 18.6 Å². The van der Waals surface area contributed by atoms with Crippen molar-refractivity contribution in [2.75, 3.05) is 12.4 Å². The molecule has 1 amide bonds. The van der Waals surface area contributed by atoms with E-state index in [-0.39, 0.29) is 12.8 Å². The van der Waals surface area contributed by atoms with Crippen molar-refractivity contribution in [2.45, 2.75) is 25.6 Å². The molecule has 1 rings (SSSR count). The highest BCUT2D eigenvalue weighted by Gasteiger charge is 2.30. The lowest BCUT2D eigenvalue weighted by Crippen LogP contribution is -2.23. The maximum atomic E-state index is 12.3. The Kier molecular flexibility index (Phi) is 5.26. The monoisotopic (exact) mass is 274 g/mol. The van der Waals surface area contributed by atoms with Gasteiger partial charge in [0.1, 0.15) is 5.75 Å². The fraction of sp³-hybridized carbons (Fsp3) is 0.417. The van der Waals surface area contributed by atoms with Crippen molar-refractivity contribution in [3.63, 3.8) is 0 Å². The van der Waals surface area contributed by atoms with Crippen molar-refractivity contribution in [1.82, 2.24) is 0 Å². The van der Waals surface area contributed by atoms with Crippen LogP contribution in [-0.4, -0.2) is 20.0 Å². The summed E-state index contributed by atoms with van der Waals surface area (Å²) in [4.78, 5) is 11.5. The second-order valence-corrected chi connectivity index (χ2v) is 4.42. The van der Waals surface area contributed by atoms with Crippen LogP contribution < -0.4 is 10.1 Å². The molecule has 0 saturated carbocycles. The first-order valence-electron chi connectivity index (χ1n) is 5.97.